The summed E-state index contributed by atoms with van der Waals surface area (Å²) in [6.45, 7) is 5.25. The summed E-state index contributed by atoms with van der Waals surface area (Å²) in [7, 11) is -0.873. The highest BCUT2D eigenvalue weighted by Crippen LogP contribution is 2.27. The number of sulfonamides is 1. The minimum Gasteiger partial charge on any atom is -0.493 e. The molecule has 0 saturated heterocycles. The Kier molecular flexibility index (Phi) is 9.43. The van der Waals surface area contributed by atoms with Gasteiger partial charge in [-0.3, -0.25) is 4.79 Å². The van der Waals surface area contributed by atoms with Gasteiger partial charge in [0.2, 0.25) is 10.0 Å². The maximum atomic E-state index is 13.8. The van der Waals surface area contributed by atoms with E-state index in [1.54, 1.807) is 39.2 Å². The summed E-state index contributed by atoms with van der Waals surface area (Å²) < 4.78 is 39.2. The van der Waals surface area contributed by atoms with Crippen LogP contribution in [-0.2, 0) is 21.2 Å². The van der Waals surface area contributed by atoms with Gasteiger partial charge < -0.3 is 9.47 Å². The molecule has 3 aromatic rings. The van der Waals surface area contributed by atoms with E-state index < -0.39 is 15.9 Å². The van der Waals surface area contributed by atoms with Crippen LogP contribution in [-0.4, -0.2) is 52.2 Å². The van der Waals surface area contributed by atoms with Gasteiger partial charge in [0.05, 0.1) is 31.9 Å². The van der Waals surface area contributed by atoms with Crippen LogP contribution in [0.4, 0.5) is 0 Å². The highest BCUT2D eigenvalue weighted by atomic mass is 32.2. The molecule has 0 aliphatic carbocycles. The molecule has 9 heteroatoms. The number of methoxy groups -OCH3 is 2. The fraction of sp³-hybridized carbons (Fsp3) is 0.286. The molecule has 1 N–H and O–H groups in total. The quantitative estimate of drug-likeness (QED) is 0.303. The Morgan fingerprint density at radius 2 is 1.59 bits per heavy atom. The molecule has 196 valence electrons. The molecule has 37 heavy (non-hydrogen) atoms. The summed E-state index contributed by atoms with van der Waals surface area (Å²) in [4.78, 5) is 13.0. The number of carbonyl (C=O) groups excluding carboxylic acids is 1. The Morgan fingerprint density at radius 3 is 2.22 bits per heavy atom. The van der Waals surface area contributed by atoms with Crippen molar-refractivity contribution in [2.75, 3.05) is 27.3 Å². The third-order valence-corrected chi connectivity index (χ3v) is 7.98. The molecule has 1 amide bonds. The molecule has 0 fully saturated rings. The van der Waals surface area contributed by atoms with E-state index in [-0.39, 0.29) is 18.0 Å². The van der Waals surface area contributed by atoms with Crippen LogP contribution in [0.25, 0.3) is 0 Å². The predicted molar refractivity (Wildman–Crippen MR) is 145 cm³/mol. The normalized spacial score (nSPS) is 11.6. The van der Waals surface area contributed by atoms with Gasteiger partial charge in [0.25, 0.3) is 5.91 Å². The molecule has 0 radical (unpaired) electrons. The molecule has 0 heterocycles. The lowest BCUT2D eigenvalue weighted by Crippen LogP contribution is -2.41. The molecule has 0 aliphatic rings. The molecule has 0 unspecified atom stereocenters. The van der Waals surface area contributed by atoms with Crippen LogP contribution in [0.3, 0.4) is 0 Å². The van der Waals surface area contributed by atoms with Crippen molar-refractivity contribution in [3.63, 3.8) is 0 Å². The number of carbonyl (C=O) groups is 1. The number of hydrogen-bond acceptors (Lipinski definition) is 6. The minimum absolute atomic E-state index is 0.145. The lowest BCUT2D eigenvalue weighted by Gasteiger charge is -2.24. The molecule has 0 atom stereocenters. The Labute approximate surface area is 219 Å². The van der Waals surface area contributed by atoms with Crippen molar-refractivity contribution >= 4 is 22.1 Å². The molecular weight excluding hydrogens is 490 g/mol. The van der Waals surface area contributed by atoms with Crippen LogP contribution in [0.2, 0.25) is 0 Å². The van der Waals surface area contributed by atoms with E-state index in [4.69, 9.17) is 9.47 Å². The summed E-state index contributed by atoms with van der Waals surface area (Å²) >= 11 is 0. The van der Waals surface area contributed by atoms with Gasteiger partial charge in [-0.25, -0.2) is 13.8 Å². The van der Waals surface area contributed by atoms with Crippen molar-refractivity contribution in [3.8, 4) is 11.5 Å². The molecular formula is C28H33N3O5S. The van der Waals surface area contributed by atoms with E-state index >= 15 is 0 Å². The zero-order valence-corrected chi connectivity index (χ0v) is 22.6. The van der Waals surface area contributed by atoms with Crippen LogP contribution >= 0.6 is 0 Å². The highest BCUT2D eigenvalue weighted by Gasteiger charge is 2.29. The fourth-order valence-electron chi connectivity index (χ4n) is 4.19. The largest absolute Gasteiger partial charge is 0.493 e. The predicted octanol–water partition coefficient (Wildman–Crippen LogP) is 4.01. The van der Waals surface area contributed by atoms with Crippen LogP contribution in [0.5, 0.6) is 11.5 Å². The van der Waals surface area contributed by atoms with Gasteiger partial charge in [-0.15, -0.1) is 0 Å². The Morgan fingerprint density at radius 1 is 0.946 bits per heavy atom. The Balaban J connectivity index is 1.80. The number of rotatable bonds is 11. The average Bonchev–Trinajstić information content (AvgIpc) is 2.86. The van der Waals surface area contributed by atoms with E-state index in [0.29, 0.717) is 34.6 Å². The second-order valence-corrected chi connectivity index (χ2v) is 10.6. The van der Waals surface area contributed by atoms with Gasteiger partial charge in [0.1, 0.15) is 0 Å². The SMILES string of the molecule is COc1ccc(/C=N/NC(=O)CN(CCc2ccccc2)S(=O)(=O)c2c(C)cc(C)cc2C)cc1OC. The number of aryl methyl sites for hydroxylation is 3. The molecule has 8 nitrogen and oxygen atoms in total. The van der Waals surface area contributed by atoms with Gasteiger partial charge in [0.15, 0.2) is 11.5 Å². The zero-order chi connectivity index (χ0) is 27.0. The third-order valence-electron chi connectivity index (χ3n) is 5.83. The number of nitrogens with one attached hydrogen (secondary N) is 1. The van der Waals surface area contributed by atoms with E-state index in [2.05, 4.69) is 10.5 Å². The van der Waals surface area contributed by atoms with Crippen LogP contribution in [0.1, 0.15) is 27.8 Å². The number of ether oxygens (including phenoxy) is 2. The first kappa shape index (κ1) is 27.9. The second kappa shape index (κ2) is 12.5. The lowest BCUT2D eigenvalue weighted by molar-refractivity contribution is -0.121. The summed E-state index contributed by atoms with van der Waals surface area (Å²) in [5, 5.41) is 4.00. The van der Waals surface area contributed by atoms with Gasteiger partial charge in [-0.1, -0.05) is 48.0 Å². The Hall–Kier alpha value is -3.69. The van der Waals surface area contributed by atoms with Crippen molar-refractivity contribution in [3.05, 3.63) is 88.5 Å². The van der Waals surface area contributed by atoms with E-state index in [1.165, 1.54) is 17.6 Å². The summed E-state index contributed by atoms with van der Waals surface area (Å²) in [6, 6.07) is 18.4. The fourth-order valence-corrected chi connectivity index (χ4v) is 6.00. The van der Waals surface area contributed by atoms with Gasteiger partial charge >= 0.3 is 0 Å². The summed E-state index contributed by atoms with van der Waals surface area (Å²) in [5.74, 6) is 0.556. The molecule has 3 aromatic carbocycles. The second-order valence-electron chi connectivity index (χ2n) is 8.71. The average molecular weight is 524 g/mol. The first-order chi connectivity index (χ1) is 17.6. The van der Waals surface area contributed by atoms with Gasteiger partial charge in [-0.2, -0.15) is 9.41 Å². The van der Waals surface area contributed by atoms with Crippen LogP contribution in [0.15, 0.2) is 70.7 Å². The van der Waals surface area contributed by atoms with Crippen molar-refractivity contribution in [2.45, 2.75) is 32.1 Å². The molecule has 0 spiro atoms. The summed E-state index contributed by atoms with van der Waals surface area (Å²) in [6.07, 6.45) is 1.92. The zero-order valence-electron chi connectivity index (χ0n) is 21.8. The monoisotopic (exact) mass is 523 g/mol. The van der Waals surface area contributed by atoms with Crippen molar-refractivity contribution in [1.29, 1.82) is 0 Å². The summed E-state index contributed by atoms with van der Waals surface area (Å²) in [5.41, 5.74) is 6.37. The number of amides is 1. The third kappa shape index (κ3) is 7.18. The van der Waals surface area contributed by atoms with Crippen molar-refractivity contribution in [1.82, 2.24) is 9.73 Å². The van der Waals surface area contributed by atoms with Gasteiger partial charge in [0, 0.05) is 6.54 Å². The molecule has 0 bridgehead atoms. The van der Waals surface area contributed by atoms with E-state index in [0.717, 1.165) is 11.1 Å². The molecule has 0 saturated carbocycles. The first-order valence-corrected chi connectivity index (χ1v) is 13.3. The van der Waals surface area contributed by atoms with Crippen molar-refractivity contribution < 1.29 is 22.7 Å². The van der Waals surface area contributed by atoms with Crippen LogP contribution < -0.4 is 14.9 Å². The maximum Gasteiger partial charge on any atom is 0.255 e. The minimum atomic E-state index is -3.95. The first-order valence-electron chi connectivity index (χ1n) is 11.8. The maximum absolute atomic E-state index is 13.8. The molecule has 0 aliphatic heterocycles. The molecule has 0 aromatic heterocycles. The van der Waals surface area contributed by atoms with E-state index in [9.17, 15) is 13.2 Å². The number of hydrogen-bond donors (Lipinski definition) is 1. The number of hydrazone groups is 1. The highest BCUT2D eigenvalue weighted by molar-refractivity contribution is 7.89. The Bertz CT molecular complexity index is 1350. The van der Waals surface area contributed by atoms with Crippen molar-refractivity contribution in [2.24, 2.45) is 5.10 Å². The van der Waals surface area contributed by atoms with Crippen LogP contribution in [0, 0.1) is 20.8 Å². The number of nitrogens with zero attached hydrogens (tertiary/aromatic N) is 2. The lowest BCUT2D eigenvalue weighted by atomic mass is 10.1. The number of benzene rings is 3. The van der Waals surface area contributed by atoms with E-state index in [1.807, 2.05) is 49.4 Å². The van der Waals surface area contributed by atoms with Gasteiger partial charge in [-0.05, 0) is 67.6 Å². The molecule has 3 rings (SSSR count). The standard InChI is InChI=1S/C28H33N3O5S/c1-20-15-21(2)28(22(3)16-20)37(33,34)31(14-13-23-9-7-6-8-10-23)19-27(32)30-29-18-24-11-12-25(35-4)26(17-24)36-5/h6-12,15-18H,13-14,19H2,1-5H3,(H,30,32)/b29-18+. The topological polar surface area (TPSA) is 97.3 Å². The smallest absolute Gasteiger partial charge is 0.255 e.